The molecule has 0 aromatic heterocycles. The quantitative estimate of drug-likeness (QED) is 0.833. The number of ether oxygens (including phenoxy) is 1. The fraction of sp³-hybridized carbons (Fsp3) is 0.538. The average Bonchev–Trinajstić information content (AvgIpc) is 3.04. The predicted molar refractivity (Wildman–Crippen MR) is 74.5 cm³/mol. The Morgan fingerprint density at radius 2 is 2.11 bits per heavy atom. The van der Waals surface area contributed by atoms with Gasteiger partial charge in [0, 0.05) is 19.7 Å². The maximum absolute atomic E-state index is 12.4. The SMILES string of the molecule is COc1ccc(S(=O)(=O)N(C)CC2CC2C)c(N)c1. The van der Waals surface area contributed by atoms with Gasteiger partial charge in [0.05, 0.1) is 12.8 Å². The van der Waals surface area contributed by atoms with Gasteiger partial charge in [-0.05, 0) is 30.4 Å². The molecule has 0 radical (unpaired) electrons. The summed E-state index contributed by atoms with van der Waals surface area (Å²) in [6.45, 7) is 2.68. The normalized spacial score (nSPS) is 22.5. The molecule has 0 bridgehead atoms. The summed E-state index contributed by atoms with van der Waals surface area (Å²) in [5.41, 5.74) is 6.03. The molecule has 19 heavy (non-hydrogen) atoms. The molecule has 106 valence electrons. The summed E-state index contributed by atoms with van der Waals surface area (Å²) >= 11 is 0. The number of benzene rings is 1. The van der Waals surface area contributed by atoms with Crippen LogP contribution in [0.2, 0.25) is 0 Å². The van der Waals surface area contributed by atoms with E-state index in [0.717, 1.165) is 6.42 Å². The van der Waals surface area contributed by atoms with Crippen LogP contribution in [0.3, 0.4) is 0 Å². The Hall–Kier alpha value is -1.27. The third-order valence-corrected chi connectivity index (χ3v) is 5.57. The second-order valence-electron chi connectivity index (χ2n) is 5.16. The molecule has 0 aliphatic heterocycles. The molecule has 2 unspecified atom stereocenters. The molecule has 1 saturated carbocycles. The third-order valence-electron chi connectivity index (χ3n) is 3.67. The smallest absolute Gasteiger partial charge is 0.244 e. The molecule has 2 N–H and O–H groups in total. The first-order valence-electron chi connectivity index (χ1n) is 6.26. The van der Waals surface area contributed by atoms with Crippen molar-refractivity contribution in [2.75, 3.05) is 26.4 Å². The number of anilines is 1. The molecule has 1 aromatic carbocycles. The molecule has 0 saturated heterocycles. The van der Waals surface area contributed by atoms with E-state index in [2.05, 4.69) is 6.92 Å². The third kappa shape index (κ3) is 2.84. The van der Waals surface area contributed by atoms with E-state index in [-0.39, 0.29) is 10.6 Å². The lowest BCUT2D eigenvalue weighted by Crippen LogP contribution is -2.29. The number of nitrogens with two attached hydrogens (primary N) is 1. The van der Waals surface area contributed by atoms with E-state index in [1.54, 1.807) is 13.1 Å². The molecule has 1 aliphatic carbocycles. The lowest BCUT2D eigenvalue weighted by atomic mass is 10.3. The highest BCUT2D eigenvalue weighted by atomic mass is 32.2. The van der Waals surface area contributed by atoms with Crippen molar-refractivity contribution in [3.63, 3.8) is 0 Å². The molecule has 1 aliphatic rings. The van der Waals surface area contributed by atoms with E-state index < -0.39 is 10.0 Å². The minimum Gasteiger partial charge on any atom is -0.497 e. The van der Waals surface area contributed by atoms with E-state index in [4.69, 9.17) is 10.5 Å². The second kappa shape index (κ2) is 5.02. The van der Waals surface area contributed by atoms with Crippen LogP contribution >= 0.6 is 0 Å². The molecule has 5 nitrogen and oxygen atoms in total. The van der Waals surface area contributed by atoms with Crippen LogP contribution in [0.4, 0.5) is 5.69 Å². The molecule has 0 heterocycles. The van der Waals surface area contributed by atoms with Crippen LogP contribution in [0.25, 0.3) is 0 Å². The fourth-order valence-electron chi connectivity index (χ4n) is 2.14. The zero-order chi connectivity index (χ0) is 14.2. The highest BCUT2D eigenvalue weighted by molar-refractivity contribution is 7.89. The standard InChI is InChI=1S/C13H20N2O3S/c1-9-6-10(9)8-15(2)19(16,17)13-5-4-11(18-3)7-12(13)14/h4-5,7,9-10H,6,8,14H2,1-3H3. The zero-order valence-electron chi connectivity index (χ0n) is 11.5. The second-order valence-corrected chi connectivity index (χ2v) is 7.18. The minimum atomic E-state index is -3.52. The first-order chi connectivity index (χ1) is 8.86. The van der Waals surface area contributed by atoms with Crippen LogP contribution in [0.15, 0.2) is 23.1 Å². The summed E-state index contributed by atoms with van der Waals surface area (Å²) < 4.78 is 31.3. The lowest BCUT2D eigenvalue weighted by Gasteiger charge is -2.18. The molecule has 2 atom stereocenters. The summed E-state index contributed by atoms with van der Waals surface area (Å²) in [6, 6.07) is 4.63. The van der Waals surface area contributed by atoms with E-state index in [0.29, 0.717) is 24.1 Å². The maximum Gasteiger partial charge on any atom is 0.244 e. The van der Waals surface area contributed by atoms with Gasteiger partial charge < -0.3 is 10.5 Å². The Balaban J connectivity index is 2.23. The topological polar surface area (TPSA) is 72.6 Å². The minimum absolute atomic E-state index is 0.143. The highest BCUT2D eigenvalue weighted by Gasteiger charge is 2.36. The zero-order valence-corrected chi connectivity index (χ0v) is 12.3. The number of methoxy groups -OCH3 is 1. The predicted octanol–water partition coefficient (Wildman–Crippen LogP) is 1.55. The van der Waals surface area contributed by atoms with Crippen molar-refractivity contribution in [1.82, 2.24) is 4.31 Å². The fourth-order valence-corrected chi connectivity index (χ4v) is 3.46. The van der Waals surface area contributed by atoms with Crippen LogP contribution < -0.4 is 10.5 Å². The Bertz CT molecular complexity index is 571. The van der Waals surface area contributed by atoms with Gasteiger partial charge >= 0.3 is 0 Å². The molecular weight excluding hydrogens is 264 g/mol. The van der Waals surface area contributed by atoms with E-state index in [9.17, 15) is 8.42 Å². The highest BCUT2D eigenvalue weighted by Crippen LogP contribution is 2.39. The Kier molecular flexibility index (Phi) is 3.73. The monoisotopic (exact) mass is 284 g/mol. The maximum atomic E-state index is 12.4. The van der Waals surface area contributed by atoms with E-state index in [1.807, 2.05) is 0 Å². The molecule has 1 fully saturated rings. The van der Waals surface area contributed by atoms with Gasteiger partial charge in [-0.2, -0.15) is 0 Å². The van der Waals surface area contributed by atoms with E-state index >= 15 is 0 Å². The number of nitrogens with zero attached hydrogens (tertiary/aromatic N) is 1. The Labute approximate surface area is 114 Å². The Morgan fingerprint density at radius 1 is 1.47 bits per heavy atom. The summed E-state index contributed by atoms with van der Waals surface area (Å²) in [5.74, 6) is 1.64. The van der Waals surface area contributed by atoms with Crippen molar-refractivity contribution in [2.24, 2.45) is 11.8 Å². The van der Waals surface area contributed by atoms with Gasteiger partial charge in [0.2, 0.25) is 10.0 Å². The molecule has 1 aromatic rings. The van der Waals surface area contributed by atoms with Gasteiger partial charge in [0.15, 0.2) is 0 Å². The van der Waals surface area contributed by atoms with Crippen molar-refractivity contribution >= 4 is 15.7 Å². The number of nitrogen functional groups attached to an aromatic ring is 1. The molecule has 6 heteroatoms. The number of sulfonamides is 1. The number of hydrogen-bond donors (Lipinski definition) is 1. The van der Waals surface area contributed by atoms with Gasteiger partial charge in [-0.25, -0.2) is 12.7 Å². The van der Waals surface area contributed by atoms with Crippen molar-refractivity contribution in [3.05, 3.63) is 18.2 Å². The van der Waals surface area contributed by atoms with Crippen molar-refractivity contribution in [1.29, 1.82) is 0 Å². The summed E-state index contributed by atoms with van der Waals surface area (Å²) in [6.07, 6.45) is 1.10. The van der Waals surface area contributed by atoms with Gasteiger partial charge in [-0.1, -0.05) is 6.92 Å². The van der Waals surface area contributed by atoms with Crippen LogP contribution in [0, 0.1) is 11.8 Å². The number of hydrogen-bond acceptors (Lipinski definition) is 4. The largest absolute Gasteiger partial charge is 0.497 e. The average molecular weight is 284 g/mol. The molecule has 0 amide bonds. The van der Waals surface area contributed by atoms with Crippen molar-refractivity contribution in [2.45, 2.75) is 18.2 Å². The van der Waals surface area contributed by atoms with Crippen LogP contribution in [0.5, 0.6) is 5.75 Å². The summed E-state index contributed by atoms with van der Waals surface area (Å²) in [7, 11) is -0.402. The first-order valence-corrected chi connectivity index (χ1v) is 7.70. The molecule has 2 rings (SSSR count). The van der Waals surface area contributed by atoms with Crippen LogP contribution in [0.1, 0.15) is 13.3 Å². The van der Waals surface area contributed by atoms with Crippen LogP contribution in [-0.4, -0.2) is 33.4 Å². The van der Waals surface area contributed by atoms with Gasteiger partial charge in [0.1, 0.15) is 10.6 Å². The van der Waals surface area contributed by atoms with Gasteiger partial charge in [-0.3, -0.25) is 0 Å². The Morgan fingerprint density at radius 3 is 2.58 bits per heavy atom. The molecular formula is C13H20N2O3S. The summed E-state index contributed by atoms with van der Waals surface area (Å²) in [5, 5.41) is 0. The van der Waals surface area contributed by atoms with Crippen molar-refractivity contribution in [3.8, 4) is 5.75 Å². The first kappa shape index (κ1) is 14.1. The van der Waals surface area contributed by atoms with Gasteiger partial charge in [0.25, 0.3) is 0 Å². The van der Waals surface area contributed by atoms with E-state index in [1.165, 1.54) is 23.5 Å². The summed E-state index contributed by atoms with van der Waals surface area (Å²) in [4.78, 5) is 0.143. The lowest BCUT2D eigenvalue weighted by molar-refractivity contribution is 0.414. The van der Waals surface area contributed by atoms with Crippen molar-refractivity contribution < 1.29 is 13.2 Å². The van der Waals surface area contributed by atoms with Crippen LogP contribution in [-0.2, 0) is 10.0 Å². The van der Waals surface area contributed by atoms with Gasteiger partial charge in [-0.15, -0.1) is 0 Å². The number of rotatable bonds is 5. The molecule has 0 spiro atoms.